The maximum absolute atomic E-state index is 12.3. The maximum atomic E-state index is 12.3. The van der Waals surface area contributed by atoms with E-state index >= 15 is 0 Å². The Kier molecular flexibility index (Phi) is 2.39. The molecule has 2 heterocycles. The molecule has 2 aliphatic heterocycles. The zero-order chi connectivity index (χ0) is 12.8. The van der Waals surface area contributed by atoms with Gasteiger partial charge in [0.05, 0.1) is 12.3 Å². The van der Waals surface area contributed by atoms with Crippen molar-refractivity contribution < 1.29 is 22.6 Å². The second kappa shape index (κ2) is 3.83. The lowest BCUT2D eigenvalue weighted by Gasteiger charge is -2.22. The smallest absolute Gasteiger partial charge is 0.493 e. The first-order valence-electron chi connectivity index (χ1n) is 5.52. The van der Waals surface area contributed by atoms with Crippen molar-refractivity contribution in [2.24, 2.45) is 0 Å². The molecule has 0 fully saturated rings. The van der Waals surface area contributed by atoms with Gasteiger partial charge in [-0.3, -0.25) is 0 Å². The minimum absolute atomic E-state index is 0.220. The van der Waals surface area contributed by atoms with E-state index in [1.165, 1.54) is 12.1 Å². The largest absolute Gasteiger partial charge is 0.573 e. The molecule has 0 unspecified atom stereocenters. The molecule has 18 heavy (non-hydrogen) atoms. The number of alkyl halides is 3. The Morgan fingerprint density at radius 3 is 2.89 bits per heavy atom. The number of nitrogens with one attached hydrogen (secondary N) is 1. The summed E-state index contributed by atoms with van der Waals surface area (Å²) in [6, 6.07) is 4.55. The van der Waals surface area contributed by atoms with Gasteiger partial charge in [-0.15, -0.1) is 13.2 Å². The standard InChI is InChI=1S/C12H10F3NO2/c13-12(14,15)18-9-3-1-2-8-10(9)16-6-7-4-5-17-11(7)8/h1-3,16H,4-6H2. The zero-order valence-electron chi connectivity index (χ0n) is 9.30. The first-order chi connectivity index (χ1) is 8.54. The highest BCUT2D eigenvalue weighted by Gasteiger charge is 2.34. The lowest BCUT2D eigenvalue weighted by atomic mass is 10.0. The molecule has 0 spiro atoms. The van der Waals surface area contributed by atoms with E-state index in [1.807, 2.05) is 0 Å². The van der Waals surface area contributed by atoms with Crippen molar-refractivity contribution in [1.29, 1.82) is 0 Å². The molecule has 1 aromatic rings. The van der Waals surface area contributed by atoms with Crippen LogP contribution in [0.1, 0.15) is 12.0 Å². The van der Waals surface area contributed by atoms with E-state index in [4.69, 9.17) is 4.74 Å². The molecular formula is C12H10F3NO2. The van der Waals surface area contributed by atoms with E-state index < -0.39 is 6.36 Å². The molecule has 0 radical (unpaired) electrons. The van der Waals surface area contributed by atoms with Crippen LogP contribution in [0.3, 0.4) is 0 Å². The first kappa shape index (κ1) is 11.3. The minimum Gasteiger partial charge on any atom is -0.493 e. The molecule has 3 rings (SSSR count). The Labute approximate surface area is 101 Å². The normalized spacial score (nSPS) is 17.7. The van der Waals surface area contributed by atoms with Gasteiger partial charge in [0.25, 0.3) is 0 Å². The summed E-state index contributed by atoms with van der Waals surface area (Å²) >= 11 is 0. The molecule has 2 aliphatic rings. The Morgan fingerprint density at radius 2 is 2.11 bits per heavy atom. The summed E-state index contributed by atoms with van der Waals surface area (Å²) in [6.07, 6.45) is -3.88. The van der Waals surface area contributed by atoms with Gasteiger partial charge >= 0.3 is 6.36 Å². The van der Waals surface area contributed by atoms with Crippen LogP contribution in [0.25, 0.3) is 5.76 Å². The van der Waals surface area contributed by atoms with Crippen molar-refractivity contribution in [3.63, 3.8) is 0 Å². The highest BCUT2D eigenvalue weighted by atomic mass is 19.4. The highest BCUT2D eigenvalue weighted by molar-refractivity contribution is 5.82. The Balaban J connectivity index is 2.03. The van der Waals surface area contributed by atoms with E-state index in [9.17, 15) is 13.2 Å². The van der Waals surface area contributed by atoms with Crippen LogP contribution in [0.5, 0.6) is 5.75 Å². The average molecular weight is 257 g/mol. The molecule has 0 bridgehead atoms. The van der Waals surface area contributed by atoms with E-state index in [0.29, 0.717) is 30.2 Å². The monoisotopic (exact) mass is 257 g/mol. The maximum Gasteiger partial charge on any atom is 0.573 e. The fourth-order valence-electron chi connectivity index (χ4n) is 2.24. The number of halogens is 3. The molecule has 1 aromatic carbocycles. The number of fused-ring (bicyclic) bond motifs is 2. The summed E-state index contributed by atoms with van der Waals surface area (Å²) < 4.78 is 46.3. The molecule has 0 amide bonds. The van der Waals surface area contributed by atoms with Crippen molar-refractivity contribution in [3.8, 4) is 5.75 Å². The molecule has 0 atom stereocenters. The number of rotatable bonds is 1. The number of para-hydroxylation sites is 1. The zero-order valence-corrected chi connectivity index (χ0v) is 9.30. The summed E-state index contributed by atoms with van der Waals surface area (Å²) in [6.45, 7) is 1.08. The fourth-order valence-corrected chi connectivity index (χ4v) is 2.24. The number of ether oxygens (including phenoxy) is 2. The van der Waals surface area contributed by atoms with E-state index in [2.05, 4.69) is 10.1 Å². The van der Waals surface area contributed by atoms with Gasteiger partial charge in [0, 0.05) is 18.5 Å². The summed E-state index contributed by atoms with van der Waals surface area (Å²) in [5.74, 6) is 0.471. The van der Waals surface area contributed by atoms with Gasteiger partial charge in [0.2, 0.25) is 0 Å². The summed E-state index contributed by atoms with van der Waals surface area (Å²) in [4.78, 5) is 0. The van der Waals surface area contributed by atoms with Crippen molar-refractivity contribution in [3.05, 3.63) is 29.3 Å². The van der Waals surface area contributed by atoms with Crippen LogP contribution in [0.4, 0.5) is 18.9 Å². The van der Waals surface area contributed by atoms with Gasteiger partial charge in [0.15, 0.2) is 5.75 Å². The van der Waals surface area contributed by atoms with Crippen LogP contribution in [0, 0.1) is 0 Å². The van der Waals surface area contributed by atoms with Gasteiger partial charge in [0.1, 0.15) is 5.76 Å². The van der Waals surface area contributed by atoms with Gasteiger partial charge in [-0.2, -0.15) is 0 Å². The first-order valence-corrected chi connectivity index (χ1v) is 5.52. The molecule has 0 aromatic heterocycles. The highest BCUT2D eigenvalue weighted by Crippen LogP contribution is 2.42. The van der Waals surface area contributed by atoms with Crippen LogP contribution >= 0.6 is 0 Å². The lowest BCUT2D eigenvalue weighted by Crippen LogP contribution is -2.20. The Bertz CT molecular complexity index is 523. The van der Waals surface area contributed by atoms with Crippen LogP contribution in [-0.4, -0.2) is 19.5 Å². The Morgan fingerprint density at radius 1 is 1.28 bits per heavy atom. The van der Waals surface area contributed by atoms with Crippen molar-refractivity contribution in [1.82, 2.24) is 0 Å². The van der Waals surface area contributed by atoms with Crippen LogP contribution in [0.2, 0.25) is 0 Å². The van der Waals surface area contributed by atoms with Crippen molar-refractivity contribution in [2.75, 3.05) is 18.5 Å². The van der Waals surface area contributed by atoms with Gasteiger partial charge in [-0.25, -0.2) is 0 Å². The van der Waals surface area contributed by atoms with Crippen molar-refractivity contribution >= 4 is 11.4 Å². The number of hydrogen-bond donors (Lipinski definition) is 1. The summed E-state index contributed by atoms with van der Waals surface area (Å²) in [7, 11) is 0. The molecular weight excluding hydrogens is 247 g/mol. The molecule has 0 saturated carbocycles. The van der Waals surface area contributed by atoms with Gasteiger partial charge in [-0.1, -0.05) is 6.07 Å². The fraction of sp³-hybridized carbons (Fsp3) is 0.333. The summed E-state index contributed by atoms with van der Waals surface area (Å²) in [5, 5.41) is 2.96. The summed E-state index contributed by atoms with van der Waals surface area (Å²) in [5.41, 5.74) is 2.07. The average Bonchev–Trinajstić information content (AvgIpc) is 2.75. The SMILES string of the molecule is FC(F)(F)Oc1cccc2c1NCC1=C2OCC1. The molecule has 6 heteroatoms. The third-order valence-electron chi connectivity index (χ3n) is 2.95. The van der Waals surface area contributed by atoms with E-state index in [0.717, 1.165) is 12.0 Å². The second-order valence-electron chi connectivity index (χ2n) is 4.11. The predicted octanol–water partition coefficient (Wildman–Crippen LogP) is 3.14. The molecule has 0 saturated heterocycles. The van der Waals surface area contributed by atoms with E-state index in [1.54, 1.807) is 6.07 Å². The van der Waals surface area contributed by atoms with Gasteiger partial charge < -0.3 is 14.8 Å². The molecule has 1 N–H and O–H groups in total. The van der Waals surface area contributed by atoms with E-state index in [-0.39, 0.29) is 5.75 Å². The second-order valence-corrected chi connectivity index (χ2v) is 4.11. The van der Waals surface area contributed by atoms with Crippen LogP contribution in [-0.2, 0) is 4.74 Å². The lowest BCUT2D eigenvalue weighted by molar-refractivity contribution is -0.274. The quantitative estimate of drug-likeness (QED) is 0.838. The van der Waals surface area contributed by atoms with Gasteiger partial charge in [-0.05, 0) is 17.7 Å². The number of anilines is 1. The Hall–Kier alpha value is -1.85. The van der Waals surface area contributed by atoms with Crippen molar-refractivity contribution in [2.45, 2.75) is 12.8 Å². The van der Waals surface area contributed by atoms with Crippen LogP contribution < -0.4 is 10.1 Å². The third kappa shape index (κ3) is 1.87. The number of benzene rings is 1. The van der Waals surface area contributed by atoms with Crippen LogP contribution in [0.15, 0.2) is 23.8 Å². The molecule has 0 aliphatic carbocycles. The molecule has 96 valence electrons. The number of hydrogen-bond acceptors (Lipinski definition) is 3. The minimum atomic E-state index is -4.69. The predicted molar refractivity (Wildman–Crippen MR) is 59.1 cm³/mol. The third-order valence-corrected chi connectivity index (χ3v) is 2.95. The molecule has 3 nitrogen and oxygen atoms in total. The topological polar surface area (TPSA) is 30.5 Å².